The SMILES string of the molecule is Cc1cc(-c2ccc3ncc(C(=O)Nc4cc(-c5noc(C)n5)ccc4C)n3c2)n(C)n1. The van der Waals surface area contributed by atoms with Crippen molar-refractivity contribution in [3.8, 4) is 22.6 Å². The molecule has 0 aliphatic rings. The van der Waals surface area contributed by atoms with E-state index in [0.717, 1.165) is 28.1 Å². The molecular formula is C23H21N7O2. The first kappa shape index (κ1) is 19.7. The summed E-state index contributed by atoms with van der Waals surface area (Å²) in [5.41, 5.74) is 6.30. The van der Waals surface area contributed by atoms with Crippen LogP contribution in [0.1, 0.15) is 27.6 Å². The summed E-state index contributed by atoms with van der Waals surface area (Å²) >= 11 is 0. The van der Waals surface area contributed by atoms with Gasteiger partial charge in [0.05, 0.1) is 17.6 Å². The number of carbonyl (C=O) groups is 1. The fourth-order valence-corrected chi connectivity index (χ4v) is 3.68. The summed E-state index contributed by atoms with van der Waals surface area (Å²) in [7, 11) is 1.90. The number of amides is 1. The lowest BCUT2D eigenvalue weighted by atomic mass is 10.1. The minimum absolute atomic E-state index is 0.264. The zero-order chi connectivity index (χ0) is 22.4. The first-order chi connectivity index (χ1) is 15.4. The number of carbonyl (C=O) groups excluding carboxylic acids is 1. The molecule has 9 nitrogen and oxygen atoms in total. The van der Waals surface area contributed by atoms with E-state index in [-0.39, 0.29) is 5.91 Å². The van der Waals surface area contributed by atoms with Crippen LogP contribution < -0.4 is 5.32 Å². The smallest absolute Gasteiger partial charge is 0.274 e. The van der Waals surface area contributed by atoms with Gasteiger partial charge in [0.25, 0.3) is 5.91 Å². The number of anilines is 1. The number of benzene rings is 1. The van der Waals surface area contributed by atoms with Crippen LogP contribution >= 0.6 is 0 Å². The number of nitrogens with one attached hydrogen (secondary N) is 1. The quantitative estimate of drug-likeness (QED) is 0.466. The van der Waals surface area contributed by atoms with Crippen molar-refractivity contribution in [1.29, 1.82) is 0 Å². The van der Waals surface area contributed by atoms with Crippen LogP contribution in [0.4, 0.5) is 5.69 Å². The zero-order valence-corrected chi connectivity index (χ0v) is 18.1. The van der Waals surface area contributed by atoms with E-state index in [1.807, 2.05) is 68.2 Å². The molecule has 0 saturated heterocycles. The molecule has 0 saturated carbocycles. The summed E-state index contributed by atoms with van der Waals surface area (Å²) in [6.07, 6.45) is 3.48. The summed E-state index contributed by atoms with van der Waals surface area (Å²) in [5.74, 6) is 0.695. The minimum atomic E-state index is -0.264. The Morgan fingerprint density at radius 1 is 1.06 bits per heavy atom. The van der Waals surface area contributed by atoms with Crippen molar-refractivity contribution < 1.29 is 9.32 Å². The maximum absolute atomic E-state index is 13.2. The average Bonchev–Trinajstić information content (AvgIpc) is 3.47. The van der Waals surface area contributed by atoms with Crippen LogP contribution in [0.15, 0.2) is 53.3 Å². The minimum Gasteiger partial charge on any atom is -0.339 e. The molecule has 0 fully saturated rings. The number of imidazole rings is 1. The lowest BCUT2D eigenvalue weighted by molar-refractivity contribution is 0.102. The van der Waals surface area contributed by atoms with Crippen molar-refractivity contribution in [2.24, 2.45) is 7.05 Å². The third-order valence-corrected chi connectivity index (χ3v) is 5.31. The first-order valence-electron chi connectivity index (χ1n) is 10.1. The highest BCUT2D eigenvalue weighted by Crippen LogP contribution is 2.25. The molecule has 0 spiro atoms. The molecule has 160 valence electrons. The molecular weight excluding hydrogens is 406 g/mol. The van der Waals surface area contributed by atoms with Gasteiger partial charge in [-0.15, -0.1) is 0 Å². The van der Waals surface area contributed by atoms with Gasteiger partial charge in [0.15, 0.2) is 0 Å². The topological polar surface area (TPSA) is 103 Å². The average molecular weight is 427 g/mol. The maximum atomic E-state index is 13.2. The fraction of sp³-hybridized carbons (Fsp3) is 0.174. The van der Waals surface area contributed by atoms with Gasteiger partial charge in [-0.05, 0) is 43.7 Å². The van der Waals surface area contributed by atoms with Crippen molar-refractivity contribution in [1.82, 2.24) is 29.3 Å². The largest absolute Gasteiger partial charge is 0.339 e. The van der Waals surface area contributed by atoms with Crippen LogP contribution in [0.3, 0.4) is 0 Å². The Morgan fingerprint density at radius 2 is 1.88 bits per heavy atom. The number of fused-ring (bicyclic) bond motifs is 1. The van der Waals surface area contributed by atoms with E-state index in [1.54, 1.807) is 17.5 Å². The summed E-state index contributed by atoms with van der Waals surface area (Å²) in [6.45, 7) is 5.61. The van der Waals surface area contributed by atoms with Crippen LogP contribution in [0.5, 0.6) is 0 Å². The van der Waals surface area contributed by atoms with E-state index in [4.69, 9.17) is 4.52 Å². The molecule has 1 aromatic carbocycles. The van der Waals surface area contributed by atoms with Gasteiger partial charge in [-0.1, -0.05) is 17.3 Å². The van der Waals surface area contributed by atoms with Crippen molar-refractivity contribution in [3.63, 3.8) is 0 Å². The maximum Gasteiger partial charge on any atom is 0.274 e. The highest BCUT2D eigenvalue weighted by Gasteiger charge is 2.16. The zero-order valence-electron chi connectivity index (χ0n) is 18.1. The van der Waals surface area contributed by atoms with Gasteiger partial charge in [-0.25, -0.2) is 4.98 Å². The molecule has 1 amide bonds. The number of aryl methyl sites for hydroxylation is 4. The molecule has 4 aromatic heterocycles. The second-order valence-corrected chi connectivity index (χ2v) is 7.70. The Morgan fingerprint density at radius 3 is 2.59 bits per heavy atom. The number of hydrogen-bond acceptors (Lipinski definition) is 6. The Hall–Kier alpha value is -4.27. The first-order valence-corrected chi connectivity index (χ1v) is 10.1. The molecule has 1 N–H and O–H groups in total. The third kappa shape index (κ3) is 3.43. The van der Waals surface area contributed by atoms with Crippen LogP contribution in [-0.2, 0) is 7.05 Å². The molecule has 0 bridgehead atoms. The highest BCUT2D eigenvalue weighted by atomic mass is 16.5. The van der Waals surface area contributed by atoms with E-state index in [0.29, 0.717) is 28.7 Å². The van der Waals surface area contributed by atoms with Gasteiger partial charge in [0, 0.05) is 37.0 Å². The standard InChI is InChI=1S/C23H21N7O2/c1-13-5-6-16(22-25-15(3)32-28-22)10-18(13)26-23(31)20-11-24-21-8-7-17(12-30(20)21)19-9-14(2)27-29(19)4/h5-12H,1-4H3,(H,26,31). The van der Waals surface area contributed by atoms with E-state index in [2.05, 4.69) is 25.5 Å². The number of aromatic nitrogens is 6. The molecule has 4 heterocycles. The van der Waals surface area contributed by atoms with E-state index < -0.39 is 0 Å². The van der Waals surface area contributed by atoms with Crippen molar-refractivity contribution in [2.45, 2.75) is 20.8 Å². The van der Waals surface area contributed by atoms with Crippen molar-refractivity contribution in [3.05, 3.63) is 71.6 Å². The second-order valence-electron chi connectivity index (χ2n) is 7.70. The van der Waals surface area contributed by atoms with Gasteiger partial charge < -0.3 is 9.84 Å². The van der Waals surface area contributed by atoms with Gasteiger partial charge in [0.1, 0.15) is 11.3 Å². The number of hydrogen-bond donors (Lipinski definition) is 1. The highest BCUT2D eigenvalue weighted by molar-refractivity contribution is 6.04. The Balaban J connectivity index is 1.49. The van der Waals surface area contributed by atoms with E-state index in [9.17, 15) is 4.79 Å². The molecule has 32 heavy (non-hydrogen) atoms. The molecule has 9 heteroatoms. The molecule has 0 aliphatic carbocycles. The normalized spacial score (nSPS) is 11.2. The summed E-state index contributed by atoms with van der Waals surface area (Å²) in [4.78, 5) is 21.8. The second kappa shape index (κ2) is 7.45. The van der Waals surface area contributed by atoms with Crippen LogP contribution in [0.2, 0.25) is 0 Å². The number of pyridine rings is 1. The predicted octanol–water partition coefficient (Wildman–Crippen LogP) is 3.96. The fourth-order valence-electron chi connectivity index (χ4n) is 3.68. The summed E-state index contributed by atoms with van der Waals surface area (Å²) < 4.78 is 8.68. The molecule has 0 radical (unpaired) electrons. The third-order valence-electron chi connectivity index (χ3n) is 5.31. The lowest BCUT2D eigenvalue weighted by Gasteiger charge is -2.10. The van der Waals surface area contributed by atoms with Crippen molar-refractivity contribution >= 4 is 17.2 Å². The monoisotopic (exact) mass is 427 g/mol. The van der Waals surface area contributed by atoms with Crippen LogP contribution in [0.25, 0.3) is 28.3 Å². The Labute approximate surface area is 183 Å². The number of rotatable bonds is 4. The van der Waals surface area contributed by atoms with E-state index in [1.165, 1.54) is 0 Å². The van der Waals surface area contributed by atoms with Gasteiger partial charge in [0.2, 0.25) is 11.7 Å². The lowest BCUT2D eigenvalue weighted by Crippen LogP contribution is -2.15. The molecule has 0 atom stereocenters. The van der Waals surface area contributed by atoms with Gasteiger partial charge >= 0.3 is 0 Å². The van der Waals surface area contributed by atoms with Gasteiger partial charge in [-0.3, -0.25) is 13.9 Å². The molecule has 0 unspecified atom stereocenters. The van der Waals surface area contributed by atoms with Crippen molar-refractivity contribution in [2.75, 3.05) is 5.32 Å². The number of nitrogens with zero attached hydrogens (tertiary/aromatic N) is 6. The summed E-state index contributed by atoms with van der Waals surface area (Å²) in [6, 6.07) is 11.5. The summed E-state index contributed by atoms with van der Waals surface area (Å²) in [5, 5.41) is 11.4. The predicted molar refractivity (Wildman–Crippen MR) is 119 cm³/mol. The van der Waals surface area contributed by atoms with E-state index >= 15 is 0 Å². The Kier molecular flexibility index (Phi) is 4.58. The van der Waals surface area contributed by atoms with Crippen LogP contribution in [-0.4, -0.2) is 35.2 Å². The molecule has 5 aromatic rings. The molecule has 5 rings (SSSR count). The molecule has 0 aliphatic heterocycles. The Bertz CT molecular complexity index is 1480. The van der Waals surface area contributed by atoms with Gasteiger partial charge in [-0.2, -0.15) is 10.1 Å². The van der Waals surface area contributed by atoms with Crippen LogP contribution in [0, 0.1) is 20.8 Å².